The van der Waals surface area contributed by atoms with Crippen molar-refractivity contribution in [1.82, 2.24) is 24.8 Å². The summed E-state index contributed by atoms with van der Waals surface area (Å²) in [6.07, 6.45) is 3.59. The van der Waals surface area contributed by atoms with Crippen molar-refractivity contribution in [3.63, 3.8) is 0 Å². The van der Waals surface area contributed by atoms with Gasteiger partial charge < -0.3 is 15.0 Å². The maximum Gasteiger partial charge on any atom is 0.387 e. The van der Waals surface area contributed by atoms with Gasteiger partial charge in [-0.25, -0.2) is 0 Å². The first-order valence-electron chi connectivity index (χ1n) is 9.88. The van der Waals surface area contributed by atoms with Gasteiger partial charge in [0.25, 0.3) is 0 Å². The Labute approximate surface area is 174 Å². The molecule has 0 amide bonds. The zero-order valence-corrected chi connectivity index (χ0v) is 17.1. The lowest BCUT2D eigenvalue weighted by Crippen LogP contribution is -2.38. The molecule has 3 rings (SSSR count). The number of halogens is 2. The lowest BCUT2D eigenvalue weighted by Gasteiger charge is -2.22. The smallest absolute Gasteiger partial charge is 0.387 e. The van der Waals surface area contributed by atoms with Gasteiger partial charge in [0.1, 0.15) is 11.6 Å². The highest BCUT2D eigenvalue weighted by Crippen LogP contribution is 2.16. The van der Waals surface area contributed by atoms with E-state index in [0.29, 0.717) is 13.1 Å². The molecule has 0 aliphatic rings. The fourth-order valence-corrected chi connectivity index (χ4v) is 3.08. The van der Waals surface area contributed by atoms with Crippen LogP contribution >= 0.6 is 0 Å². The Morgan fingerprint density at radius 2 is 2.00 bits per heavy atom. The van der Waals surface area contributed by atoms with Gasteiger partial charge in [0.05, 0.1) is 0 Å². The molecule has 160 valence electrons. The first kappa shape index (κ1) is 21.5. The van der Waals surface area contributed by atoms with Gasteiger partial charge in [-0.1, -0.05) is 18.2 Å². The lowest BCUT2D eigenvalue weighted by molar-refractivity contribution is -0.0498. The van der Waals surface area contributed by atoms with Crippen LogP contribution < -0.4 is 10.1 Å². The van der Waals surface area contributed by atoms with Crippen molar-refractivity contribution in [2.24, 2.45) is 4.99 Å². The first-order chi connectivity index (χ1) is 14.6. The third-order valence-corrected chi connectivity index (χ3v) is 4.47. The van der Waals surface area contributed by atoms with Crippen LogP contribution in [0.25, 0.3) is 5.65 Å². The van der Waals surface area contributed by atoms with Crippen LogP contribution in [-0.2, 0) is 13.0 Å². The number of benzene rings is 1. The average molecular weight is 416 g/mol. The van der Waals surface area contributed by atoms with Crippen LogP contribution in [0.2, 0.25) is 0 Å². The van der Waals surface area contributed by atoms with Crippen LogP contribution in [0.3, 0.4) is 0 Å². The molecule has 0 atom stereocenters. The number of aryl methyl sites for hydroxylation is 1. The molecule has 0 saturated carbocycles. The van der Waals surface area contributed by atoms with Crippen LogP contribution in [-0.4, -0.2) is 52.2 Å². The number of pyridine rings is 1. The molecule has 0 bridgehead atoms. The Hall–Kier alpha value is -3.23. The second kappa shape index (κ2) is 10.5. The maximum absolute atomic E-state index is 12.3. The number of rotatable bonds is 9. The van der Waals surface area contributed by atoms with Gasteiger partial charge in [0.15, 0.2) is 11.6 Å². The van der Waals surface area contributed by atoms with Gasteiger partial charge >= 0.3 is 6.61 Å². The summed E-state index contributed by atoms with van der Waals surface area (Å²) in [6.45, 7) is 1.19. The zero-order valence-electron chi connectivity index (χ0n) is 17.1. The molecular formula is C21H26F2N6O. The summed E-state index contributed by atoms with van der Waals surface area (Å²) >= 11 is 0. The highest BCUT2D eigenvalue weighted by Gasteiger charge is 2.09. The van der Waals surface area contributed by atoms with E-state index in [9.17, 15) is 8.78 Å². The van der Waals surface area contributed by atoms with E-state index in [2.05, 4.69) is 20.3 Å². The van der Waals surface area contributed by atoms with Crippen molar-refractivity contribution in [2.45, 2.75) is 32.9 Å². The van der Waals surface area contributed by atoms with E-state index >= 15 is 0 Å². The third-order valence-electron chi connectivity index (χ3n) is 4.47. The highest BCUT2D eigenvalue weighted by atomic mass is 19.3. The minimum Gasteiger partial charge on any atom is -0.435 e. The van der Waals surface area contributed by atoms with E-state index in [1.807, 2.05) is 47.7 Å². The van der Waals surface area contributed by atoms with Crippen molar-refractivity contribution >= 4 is 11.6 Å². The molecule has 0 unspecified atom stereocenters. The number of hydrogen-bond donors (Lipinski definition) is 1. The predicted octanol–water partition coefficient (Wildman–Crippen LogP) is 3.36. The van der Waals surface area contributed by atoms with E-state index in [0.717, 1.165) is 42.4 Å². The van der Waals surface area contributed by atoms with Crippen LogP contribution in [0.4, 0.5) is 8.78 Å². The lowest BCUT2D eigenvalue weighted by atomic mass is 10.2. The minimum absolute atomic E-state index is 0.151. The summed E-state index contributed by atoms with van der Waals surface area (Å²) in [7, 11) is 1.94. The number of hydrogen-bond acceptors (Lipinski definition) is 4. The number of aromatic nitrogens is 3. The predicted molar refractivity (Wildman–Crippen MR) is 112 cm³/mol. The number of nitrogens with zero attached hydrogens (tertiary/aromatic N) is 5. The largest absolute Gasteiger partial charge is 0.435 e. The van der Waals surface area contributed by atoms with Crippen LogP contribution in [0.5, 0.6) is 5.75 Å². The van der Waals surface area contributed by atoms with E-state index in [1.165, 1.54) is 0 Å². The normalized spacial score (nSPS) is 11.8. The molecule has 0 saturated heterocycles. The summed E-state index contributed by atoms with van der Waals surface area (Å²) in [5, 5.41) is 11.7. The topological polar surface area (TPSA) is 67.0 Å². The number of alkyl halides is 2. The molecule has 30 heavy (non-hydrogen) atoms. The fraction of sp³-hybridized carbons (Fsp3) is 0.381. The molecule has 2 aromatic heterocycles. The zero-order chi connectivity index (χ0) is 21.3. The van der Waals surface area contributed by atoms with E-state index in [4.69, 9.17) is 4.99 Å². The Kier molecular flexibility index (Phi) is 7.53. The molecule has 7 nitrogen and oxygen atoms in total. The number of fused-ring (bicyclic) bond motifs is 1. The fourth-order valence-electron chi connectivity index (χ4n) is 3.08. The molecule has 2 heterocycles. The second-order valence-corrected chi connectivity index (χ2v) is 6.76. The summed E-state index contributed by atoms with van der Waals surface area (Å²) in [4.78, 5) is 6.70. The van der Waals surface area contributed by atoms with Gasteiger partial charge in [0.2, 0.25) is 0 Å². The second-order valence-electron chi connectivity index (χ2n) is 6.76. The molecule has 1 aromatic carbocycles. The monoisotopic (exact) mass is 416 g/mol. The molecule has 0 radical (unpaired) electrons. The number of guanidine groups is 1. The van der Waals surface area contributed by atoms with Crippen LogP contribution in [0.15, 0.2) is 53.7 Å². The number of ether oxygens (including phenoxy) is 1. The van der Waals surface area contributed by atoms with Crippen molar-refractivity contribution in [3.05, 3.63) is 60.0 Å². The summed E-state index contributed by atoms with van der Waals surface area (Å²) in [6, 6.07) is 12.5. The molecule has 0 fully saturated rings. The third kappa shape index (κ3) is 5.88. The van der Waals surface area contributed by atoms with E-state index < -0.39 is 6.61 Å². The Morgan fingerprint density at radius 1 is 1.20 bits per heavy atom. The van der Waals surface area contributed by atoms with Crippen LogP contribution in [0, 0.1) is 0 Å². The van der Waals surface area contributed by atoms with Gasteiger partial charge in [-0.2, -0.15) is 8.78 Å². The minimum atomic E-state index is -2.82. The number of aliphatic imine (C=N–C) groups is 1. The van der Waals surface area contributed by atoms with Gasteiger partial charge in [-0.3, -0.25) is 9.39 Å². The van der Waals surface area contributed by atoms with Gasteiger partial charge in [-0.05, 0) is 43.2 Å². The van der Waals surface area contributed by atoms with Gasteiger partial charge in [-0.15, -0.1) is 10.2 Å². The quantitative estimate of drug-likeness (QED) is 0.329. The SMILES string of the molecule is CCNC(=NCCCc1nnc2ccccn12)N(C)Cc1ccc(OC(F)F)cc1. The Balaban J connectivity index is 1.55. The standard InChI is InChI=1S/C21H26F2N6O/c1-3-24-21(28(2)15-16-9-11-17(12-10-16)30-20(22)23)25-13-6-8-19-27-26-18-7-4-5-14-29(18)19/h4-5,7,9-12,14,20H,3,6,8,13,15H2,1-2H3,(H,24,25). The summed E-state index contributed by atoms with van der Waals surface area (Å²) in [5.74, 6) is 1.86. The molecule has 0 aliphatic carbocycles. The van der Waals surface area contributed by atoms with Crippen molar-refractivity contribution in [3.8, 4) is 5.75 Å². The molecular weight excluding hydrogens is 390 g/mol. The maximum atomic E-state index is 12.3. The molecule has 3 aromatic rings. The Morgan fingerprint density at radius 3 is 2.73 bits per heavy atom. The highest BCUT2D eigenvalue weighted by molar-refractivity contribution is 5.79. The Bertz CT molecular complexity index is 958. The van der Waals surface area contributed by atoms with E-state index in [-0.39, 0.29) is 5.75 Å². The molecule has 0 spiro atoms. The van der Waals surface area contributed by atoms with Crippen molar-refractivity contribution in [2.75, 3.05) is 20.1 Å². The van der Waals surface area contributed by atoms with Crippen LogP contribution in [0.1, 0.15) is 24.7 Å². The molecule has 9 heteroatoms. The van der Waals surface area contributed by atoms with Gasteiger partial charge in [0, 0.05) is 39.3 Å². The average Bonchev–Trinajstić information content (AvgIpc) is 3.14. The van der Waals surface area contributed by atoms with Crippen molar-refractivity contribution in [1.29, 1.82) is 0 Å². The summed E-state index contributed by atoms with van der Waals surface area (Å²) in [5.41, 5.74) is 1.81. The van der Waals surface area contributed by atoms with E-state index in [1.54, 1.807) is 24.3 Å². The van der Waals surface area contributed by atoms with Crippen molar-refractivity contribution < 1.29 is 13.5 Å². The molecule has 0 aliphatic heterocycles. The number of nitrogens with one attached hydrogen (secondary N) is 1. The molecule has 1 N–H and O–H groups in total. The summed E-state index contributed by atoms with van der Waals surface area (Å²) < 4.78 is 30.9. The first-order valence-corrected chi connectivity index (χ1v) is 9.88.